The number of esters is 1. The normalized spacial score (nSPS) is 10.6. The van der Waals surface area contributed by atoms with E-state index in [4.69, 9.17) is 9.47 Å². The van der Waals surface area contributed by atoms with Crippen LogP contribution in [0.2, 0.25) is 0 Å². The van der Waals surface area contributed by atoms with E-state index in [1.54, 1.807) is 30.3 Å². The van der Waals surface area contributed by atoms with Gasteiger partial charge in [0.2, 0.25) is 0 Å². The third-order valence-corrected chi connectivity index (χ3v) is 3.96. The molecule has 2 aromatic carbocycles. The first kappa shape index (κ1) is 15.2. The summed E-state index contributed by atoms with van der Waals surface area (Å²) in [7, 11) is 1.42. The second kappa shape index (κ2) is 6.21. The summed E-state index contributed by atoms with van der Waals surface area (Å²) in [6.07, 6.45) is 0. The molecule has 0 atom stereocenters. The number of hydrogen-bond acceptors (Lipinski definition) is 6. The molecule has 0 bridgehead atoms. The lowest BCUT2D eigenvalue weighted by molar-refractivity contribution is -0.131. The van der Waals surface area contributed by atoms with Gasteiger partial charge in [-0.2, -0.15) is 0 Å². The molecule has 1 N–H and O–H groups in total. The number of fused-ring (bicyclic) bond motifs is 1. The van der Waals surface area contributed by atoms with Crippen molar-refractivity contribution in [2.75, 3.05) is 12.4 Å². The molecule has 0 aliphatic heterocycles. The third kappa shape index (κ3) is 3.40. The Morgan fingerprint density at radius 2 is 2.09 bits per heavy atom. The van der Waals surface area contributed by atoms with Crippen molar-refractivity contribution in [3.63, 3.8) is 0 Å². The predicted octanol–water partition coefficient (Wildman–Crippen LogP) is 4.11. The number of aromatic nitrogens is 1. The monoisotopic (exact) mass is 332 g/mol. The summed E-state index contributed by atoms with van der Waals surface area (Å²) in [6.45, 7) is 1.35. The minimum atomic E-state index is -0.448. The van der Waals surface area contributed by atoms with Crippen molar-refractivity contribution >= 4 is 38.3 Å². The fraction of sp³-hybridized carbons (Fsp3) is 0.125. The molecule has 0 fully saturated rings. The van der Waals surface area contributed by atoms with Crippen LogP contribution >= 0.6 is 11.3 Å². The minimum absolute atomic E-state index is 0.186. The number of nitrogens with one attached hydrogen (secondary N) is 1. The third-order valence-electron chi connectivity index (χ3n) is 3.02. The van der Waals surface area contributed by atoms with Crippen LogP contribution in [0.4, 0.5) is 15.2 Å². The number of benzene rings is 2. The second-order valence-corrected chi connectivity index (χ2v) is 5.75. The van der Waals surface area contributed by atoms with Gasteiger partial charge in [0.15, 0.2) is 16.7 Å². The SMILES string of the molecule is COc1ccc(Nc2nc3ccc(OC(C)=O)cc3s2)cc1F. The van der Waals surface area contributed by atoms with Crippen molar-refractivity contribution in [3.8, 4) is 11.5 Å². The van der Waals surface area contributed by atoms with Crippen LogP contribution in [0.15, 0.2) is 36.4 Å². The lowest BCUT2D eigenvalue weighted by Gasteiger charge is -2.05. The maximum Gasteiger partial charge on any atom is 0.308 e. The molecule has 0 amide bonds. The zero-order valence-electron chi connectivity index (χ0n) is 12.4. The molecule has 1 heterocycles. The van der Waals surface area contributed by atoms with Gasteiger partial charge in [0, 0.05) is 24.7 Å². The second-order valence-electron chi connectivity index (χ2n) is 4.72. The highest BCUT2D eigenvalue weighted by atomic mass is 32.1. The average Bonchev–Trinajstić information content (AvgIpc) is 2.88. The summed E-state index contributed by atoms with van der Waals surface area (Å²) in [5.41, 5.74) is 1.34. The molecule has 118 valence electrons. The Bertz CT molecular complexity index is 879. The molecule has 0 unspecified atom stereocenters. The summed E-state index contributed by atoms with van der Waals surface area (Å²) in [4.78, 5) is 15.4. The van der Waals surface area contributed by atoms with Gasteiger partial charge in [-0.1, -0.05) is 11.3 Å². The number of methoxy groups -OCH3 is 1. The minimum Gasteiger partial charge on any atom is -0.494 e. The van der Waals surface area contributed by atoms with Gasteiger partial charge in [-0.3, -0.25) is 4.79 Å². The van der Waals surface area contributed by atoms with Crippen molar-refractivity contribution in [2.24, 2.45) is 0 Å². The Labute approximate surface area is 135 Å². The highest BCUT2D eigenvalue weighted by Gasteiger charge is 2.08. The molecule has 0 aliphatic rings. The van der Waals surface area contributed by atoms with Gasteiger partial charge in [-0.25, -0.2) is 9.37 Å². The first-order chi connectivity index (χ1) is 11.0. The molecule has 23 heavy (non-hydrogen) atoms. The van der Waals surface area contributed by atoms with E-state index in [1.807, 2.05) is 0 Å². The number of hydrogen-bond donors (Lipinski definition) is 1. The van der Waals surface area contributed by atoms with Crippen LogP contribution < -0.4 is 14.8 Å². The van der Waals surface area contributed by atoms with E-state index in [0.29, 0.717) is 16.6 Å². The van der Waals surface area contributed by atoms with E-state index < -0.39 is 5.82 Å². The summed E-state index contributed by atoms with van der Waals surface area (Å²) in [5, 5.41) is 3.67. The van der Waals surface area contributed by atoms with Gasteiger partial charge >= 0.3 is 5.97 Å². The molecule has 7 heteroatoms. The highest BCUT2D eigenvalue weighted by Crippen LogP contribution is 2.32. The van der Waals surface area contributed by atoms with E-state index in [9.17, 15) is 9.18 Å². The highest BCUT2D eigenvalue weighted by molar-refractivity contribution is 7.22. The Balaban J connectivity index is 1.85. The molecule has 1 aromatic heterocycles. The number of halogens is 1. The van der Waals surface area contributed by atoms with Crippen LogP contribution in [0.3, 0.4) is 0 Å². The van der Waals surface area contributed by atoms with E-state index in [1.165, 1.54) is 31.4 Å². The Hall–Kier alpha value is -2.67. The molecule has 3 aromatic rings. The molecule has 0 saturated carbocycles. The Morgan fingerprint density at radius 3 is 2.78 bits per heavy atom. The fourth-order valence-corrected chi connectivity index (χ4v) is 2.97. The molecule has 5 nitrogen and oxygen atoms in total. The van der Waals surface area contributed by atoms with Gasteiger partial charge in [0.1, 0.15) is 5.75 Å². The molecule has 0 aliphatic carbocycles. The van der Waals surface area contributed by atoms with Crippen molar-refractivity contribution in [1.29, 1.82) is 0 Å². The standard InChI is InChI=1S/C16H13FN2O3S/c1-9(20)22-11-4-5-13-15(8-11)23-16(19-13)18-10-3-6-14(21-2)12(17)7-10/h3-8H,1-2H3,(H,18,19). The number of ether oxygens (including phenoxy) is 2. The van der Waals surface area contributed by atoms with Gasteiger partial charge < -0.3 is 14.8 Å². The Morgan fingerprint density at radius 1 is 1.26 bits per heavy atom. The molecule has 0 saturated heterocycles. The largest absolute Gasteiger partial charge is 0.494 e. The van der Waals surface area contributed by atoms with Crippen LogP contribution in [0.1, 0.15) is 6.92 Å². The lowest BCUT2D eigenvalue weighted by Crippen LogP contribution is -2.00. The van der Waals surface area contributed by atoms with Crippen molar-refractivity contribution in [3.05, 3.63) is 42.2 Å². The first-order valence-corrected chi connectivity index (χ1v) is 7.56. The van der Waals surface area contributed by atoms with Crippen molar-refractivity contribution in [2.45, 2.75) is 6.92 Å². The number of nitrogens with zero attached hydrogens (tertiary/aromatic N) is 1. The summed E-state index contributed by atoms with van der Waals surface area (Å²) >= 11 is 1.38. The molecule has 0 spiro atoms. The van der Waals surface area contributed by atoms with Crippen LogP contribution in [0, 0.1) is 5.82 Å². The Kier molecular flexibility index (Phi) is 4.12. The number of rotatable bonds is 4. The van der Waals surface area contributed by atoms with Crippen LogP contribution in [0.5, 0.6) is 11.5 Å². The maximum absolute atomic E-state index is 13.7. The predicted molar refractivity (Wildman–Crippen MR) is 87.2 cm³/mol. The maximum atomic E-state index is 13.7. The van der Waals surface area contributed by atoms with E-state index in [2.05, 4.69) is 10.3 Å². The molecule has 0 radical (unpaired) electrons. The zero-order chi connectivity index (χ0) is 16.4. The van der Waals surface area contributed by atoms with Gasteiger partial charge in [0.05, 0.1) is 17.3 Å². The summed E-state index contributed by atoms with van der Waals surface area (Å²) in [5.74, 6) is -0.168. The fourth-order valence-electron chi connectivity index (χ4n) is 2.06. The topological polar surface area (TPSA) is 60.4 Å². The molecule has 3 rings (SSSR count). The van der Waals surface area contributed by atoms with Crippen molar-refractivity contribution < 1.29 is 18.7 Å². The zero-order valence-corrected chi connectivity index (χ0v) is 13.2. The number of carbonyl (C=O) groups excluding carboxylic acids is 1. The lowest BCUT2D eigenvalue weighted by atomic mass is 10.3. The smallest absolute Gasteiger partial charge is 0.308 e. The van der Waals surface area contributed by atoms with E-state index in [0.717, 1.165) is 10.2 Å². The number of anilines is 2. The summed E-state index contributed by atoms with van der Waals surface area (Å²) < 4.78 is 24.5. The van der Waals surface area contributed by atoms with Crippen molar-refractivity contribution in [1.82, 2.24) is 4.98 Å². The van der Waals surface area contributed by atoms with Gasteiger partial charge in [-0.05, 0) is 24.3 Å². The average molecular weight is 332 g/mol. The van der Waals surface area contributed by atoms with Crippen LogP contribution in [-0.4, -0.2) is 18.1 Å². The quantitative estimate of drug-likeness (QED) is 0.575. The van der Waals surface area contributed by atoms with E-state index >= 15 is 0 Å². The molecular weight excluding hydrogens is 319 g/mol. The van der Waals surface area contributed by atoms with Gasteiger partial charge in [-0.15, -0.1) is 0 Å². The van der Waals surface area contributed by atoms with E-state index in [-0.39, 0.29) is 11.7 Å². The first-order valence-electron chi connectivity index (χ1n) is 6.75. The summed E-state index contributed by atoms with van der Waals surface area (Å²) in [6, 6.07) is 9.79. The number of carbonyl (C=O) groups is 1. The van der Waals surface area contributed by atoms with Crippen LogP contribution in [-0.2, 0) is 4.79 Å². The van der Waals surface area contributed by atoms with Crippen LogP contribution in [0.25, 0.3) is 10.2 Å². The molecular formula is C16H13FN2O3S. The van der Waals surface area contributed by atoms with Gasteiger partial charge in [0.25, 0.3) is 0 Å². The number of thiazole rings is 1.